The summed E-state index contributed by atoms with van der Waals surface area (Å²) in [4.78, 5) is 17.7. The number of pyridine rings is 1. The van der Waals surface area contributed by atoms with Gasteiger partial charge < -0.3 is 9.80 Å². The molecular weight excluding hydrogens is 274 g/mol. The van der Waals surface area contributed by atoms with Gasteiger partial charge in [-0.15, -0.1) is 0 Å². The lowest BCUT2D eigenvalue weighted by Gasteiger charge is -2.23. The van der Waals surface area contributed by atoms with Crippen LogP contribution in [0, 0.1) is 6.92 Å². The van der Waals surface area contributed by atoms with E-state index in [9.17, 15) is 0 Å². The highest BCUT2D eigenvalue weighted by Gasteiger charge is 2.10. The number of anilines is 2. The van der Waals surface area contributed by atoms with E-state index >= 15 is 0 Å². The largest absolute Gasteiger partial charge is 0.359 e. The van der Waals surface area contributed by atoms with Crippen LogP contribution in [0.2, 0.25) is 0 Å². The smallest absolute Gasteiger partial charge is 0.227 e. The summed E-state index contributed by atoms with van der Waals surface area (Å²) in [5.41, 5.74) is 2.29. The van der Waals surface area contributed by atoms with Crippen molar-refractivity contribution < 1.29 is 0 Å². The summed E-state index contributed by atoms with van der Waals surface area (Å²) in [7, 11) is 2.08. The molecule has 0 saturated heterocycles. The molecular formula is C17H25N5. The lowest BCUT2D eigenvalue weighted by Crippen LogP contribution is -2.27. The molecule has 0 aromatic carbocycles. The van der Waals surface area contributed by atoms with E-state index in [1.165, 1.54) is 5.56 Å². The van der Waals surface area contributed by atoms with Gasteiger partial charge >= 0.3 is 0 Å². The average molecular weight is 299 g/mol. The molecule has 0 bridgehead atoms. The van der Waals surface area contributed by atoms with Crippen molar-refractivity contribution in [2.75, 3.05) is 36.5 Å². The number of hydrogen-bond acceptors (Lipinski definition) is 5. The molecule has 2 aromatic heterocycles. The highest BCUT2D eigenvalue weighted by Crippen LogP contribution is 2.16. The SMILES string of the molecule is CCN(CC)c1nc(C)cc(N(C)CCc2ccncc2)n1. The maximum atomic E-state index is 4.72. The average Bonchev–Trinajstić information content (AvgIpc) is 2.54. The molecule has 0 spiro atoms. The Kier molecular flexibility index (Phi) is 5.69. The Hall–Kier alpha value is -2.17. The predicted molar refractivity (Wildman–Crippen MR) is 91.5 cm³/mol. The minimum atomic E-state index is 0.816. The van der Waals surface area contributed by atoms with Crippen molar-refractivity contribution >= 4 is 11.8 Å². The zero-order valence-corrected chi connectivity index (χ0v) is 14.0. The Morgan fingerprint density at radius 1 is 1.05 bits per heavy atom. The summed E-state index contributed by atoms with van der Waals surface area (Å²) in [6.07, 6.45) is 4.65. The molecule has 2 rings (SSSR count). The monoisotopic (exact) mass is 299 g/mol. The molecule has 118 valence electrons. The summed E-state index contributed by atoms with van der Waals surface area (Å²) in [5, 5.41) is 0. The third-order valence-corrected chi connectivity index (χ3v) is 3.75. The van der Waals surface area contributed by atoms with Gasteiger partial charge in [0.05, 0.1) is 0 Å². The van der Waals surface area contributed by atoms with Crippen molar-refractivity contribution in [2.24, 2.45) is 0 Å². The number of nitrogens with zero attached hydrogens (tertiary/aromatic N) is 5. The van der Waals surface area contributed by atoms with E-state index in [4.69, 9.17) is 4.98 Å². The highest BCUT2D eigenvalue weighted by molar-refractivity contribution is 5.45. The molecule has 0 fully saturated rings. The zero-order valence-electron chi connectivity index (χ0n) is 14.0. The van der Waals surface area contributed by atoms with Gasteiger partial charge in [0.15, 0.2) is 0 Å². The molecule has 0 atom stereocenters. The normalized spacial score (nSPS) is 10.5. The molecule has 0 unspecified atom stereocenters. The molecule has 0 saturated carbocycles. The van der Waals surface area contributed by atoms with Crippen LogP contribution in [0.3, 0.4) is 0 Å². The van der Waals surface area contributed by atoms with Gasteiger partial charge in [-0.3, -0.25) is 4.98 Å². The Morgan fingerprint density at radius 2 is 1.73 bits per heavy atom. The van der Waals surface area contributed by atoms with Crippen molar-refractivity contribution in [1.29, 1.82) is 0 Å². The van der Waals surface area contributed by atoms with Crippen molar-refractivity contribution in [3.63, 3.8) is 0 Å². The molecule has 2 aromatic rings. The Bertz CT molecular complexity index is 581. The summed E-state index contributed by atoms with van der Waals surface area (Å²) in [5.74, 6) is 1.79. The fourth-order valence-corrected chi connectivity index (χ4v) is 2.34. The lowest BCUT2D eigenvalue weighted by atomic mass is 10.2. The van der Waals surface area contributed by atoms with E-state index in [0.717, 1.165) is 43.5 Å². The van der Waals surface area contributed by atoms with Gasteiger partial charge in [0.25, 0.3) is 0 Å². The molecule has 0 aliphatic rings. The molecule has 5 heteroatoms. The number of aromatic nitrogens is 3. The van der Waals surface area contributed by atoms with Crippen LogP contribution >= 0.6 is 0 Å². The molecule has 2 heterocycles. The molecule has 5 nitrogen and oxygen atoms in total. The van der Waals surface area contributed by atoms with Crippen LogP contribution < -0.4 is 9.80 Å². The van der Waals surface area contributed by atoms with Gasteiger partial charge in [-0.05, 0) is 44.9 Å². The second kappa shape index (κ2) is 7.73. The Labute approximate surface area is 133 Å². The van der Waals surface area contributed by atoms with Crippen LogP contribution in [-0.4, -0.2) is 41.6 Å². The quantitative estimate of drug-likeness (QED) is 0.786. The van der Waals surface area contributed by atoms with Gasteiger partial charge in [0.2, 0.25) is 5.95 Å². The van der Waals surface area contributed by atoms with Crippen molar-refractivity contribution in [3.8, 4) is 0 Å². The fourth-order valence-electron chi connectivity index (χ4n) is 2.34. The van der Waals surface area contributed by atoms with Crippen molar-refractivity contribution in [3.05, 3.63) is 41.9 Å². The molecule has 0 aliphatic heterocycles. The number of hydrogen-bond donors (Lipinski definition) is 0. The lowest BCUT2D eigenvalue weighted by molar-refractivity contribution is 0.800. The topological polar surface area (TPSA) is 45.2 Å². The van der Waals surface area contributed by atoms with Crippen LogP contribution in [0.1, 0.15) is 25.1 Å². The molecule has 22 heavy (non-hydrogen) atoms. The Balaban J connectivity index is 2.10. The first-order chi connectivity index (χ1) is 10.6. The van der Waals surface area contributed by atoms with Crippen LogP contribution in [0.4, 0.5) is 11.8 Å². The minimum absolute atomic E-state index is 0.816. The summed E-state index contributed by atoms with van der Waals surface area (Å²) >= 11 is 0. The summed E-state index contributed by atoms with van der Waals surface area (Å²) < 4.78 is 0. The molecule has 0 aliphatic carbocycles. The predicted octanol–water partition coefficient (Wildman–Crippen LogP) is 2.71. The van der Waals surface area contributed by atoms with Gasteiger partial charge in [-0.25, -0.2) is 4.98 Å². The first kappa shape index (κ1) is 16.2. The van der Waals surface area contributed by atoms with Gasteiger partial charge in [0.1, 0.15) is 5.82 Å². The van der Waals surface area contributed by atoms with Crippen LogP contribution in [0.25, 0.3) is 0 Å². The third-order valence-electron chi connectivity index (χ3n) is 3.75. The highest BCUT2D eigenvalue weighted by atomic mass is 15.3. The van der Waals surface area contributed by atoms with E-state index in [1.807, 2.05) is 25.4 Å². The third kappa shape index (κ3) is 4.16. The van der Waals surface area contributed by atoms with Crippen LogP contribution in [0.15, 0.2) is 30.6 Å². The van der Waals surface area contributed by atoms with Crippen LogP contribution in [0.5, 0.6) is 0 Å². The van der Waals surface area contributed by atoms with E-state index < -0.39 is 0 Å². The fraction of sp³-hybridized carbons (Fsp3) is 0.471. The minimum Gasteiger partial charge on any atom is -0.359 e. The summed E-state index contributed by atoms with van der Waals surface area (Å²) in [6.45, 7) is 9.03. The van der Waals surface area contributed by atoms with E-state index in [1.54, 1.807) is 0 Å². The van der Waals surface area contributed by atoms with E-state index in [0.29, 0.717) is 0 Å². The van der Waals surface area contributed by atoms with Crippen LogP contribution in [-0.2, 0) is 6.42 Å². The second-order valence-electron chi connectivity index (χ2n) is 5.37. The second-order valence-corrected chi connectivity index (χ2v) is 5.37. The first-order valence-corrected chi connectivity index (χ1v) is 7.84. The van der Waals surface area contributed by atoms with Crippen molar-refractivity contribution in [2.45, 2.75) is 27.2 Å². The number of rotatable bonds is 7. The standard InChI is InChI=1S/C17H25N5/c1-5-22(6-2)17-19-14(3)13-16(20-17)21(4)12-9-15-7-10-18-11-8-15/h7-8,10-11,13H,5-6,9,12H2,1-4H3. The molecule has 0 radical (unpaired) electrons. The molecule has 0 amide bonds. The molecule has 0 N–H and O–H groups in total. The number of likely N-dealkylation sites (N-methyl/N-ethyl adjacent to an activating group) is 1. The number of aryl methyl sites for hydroxylation is 1. The zero-order chi connectivity index (χ0) is 15.9. The van der Waals surface area contributed by atoms with Crippen molar-refractivity contribution in [1.82, 2.24) is 15.0 Å². The maximum Gasteiger partial charge on any atom is 0.227 e. The van der Waals surface area contributed by atoms with Gasteiger partial charge in [-0.1, -0.05) is 0 Å². The van der Waals surface area contributed by atoms with Gasteiger partial charge in [0, 0.05) is 50.8 Å². The van der Waals surface area contributed by atoms with E-state index in [-0.39, 0.29) is 0 Å². The summed E-state index contributed by atoms with van der Waals surface area (Å²) in [6, 6.07) is 6.15. The maximum absolute atomic E-state index is 4.72. The van der Waals surface area contributed by atoms with E-state index in [2.05, 4.69) is 52.8 Å². The Morgan fingerprint density at radius 3 is 2.36 bits per heavy atom. The first-order valence-electron chi connectivity index (χ1n) is 7.84. The van der Waals surface area contributed by atoms with Gasteiger partial charge in [-0.2, -0.15) is 4.98 Å².